The van der Waals surface area contributed by atoms with E-state index in [0.29, 0.717) is 18.7 Å². The lowest BCUT2D eigenvalue weighted by Crippen LogP contribution is -2.29. The highest BCUT2D eigenvalue weighted by atomic mass is 19.4. The zero-order valence-electron chi connectivity index (χ0n) is 15.2. The van der Waals surface area contributed by atoms with Crippen LogP contribution >= 0.6 is 0 Å². The lowest BCUT2D eigenvalue weighted by molar-refractivity contribution is -0.274. The Labute approximate surface area is 164 Å². The normalized spacial score (nSPS) is 16.8. The van der Waals surface area contributed by atoms with Crippen LogP contribution < -0.4 is 4.74 Å². The molecule has 150 valence electrons. The van der Waals surface area contributed by atoms with Crippen molar-refractivity contribution < 1.29 is 22.7 Å². The highest BCUT2D eigenvalue weighted by molar-refractivity contribution is 5.94. The Balaban J connectivity index is 1.41. The molecule has 3 aromatic rings. The van der Waals surface area contributed by atoms with Gasteiger partial charge in [-0.1, -0.05) is 35.5 Å². The Morgan fingerprint density at radius 1 is 1.07 bits per heavy atom. The number of halogens is 3. The second-order valence-electron chi connectivity index (χ2n) is 6.72. The summed E-state index contributed by atoms with van der Waals surface area (Å²) in [5, 5.41) is 8.39. The maximum atomic E-state index is 12.7. The highest BCUT2D eigenvalue weighted by Crippen LogP contribution is 2.26. The number of ether oxygens (including phenoxy) is 1. The molecule has 2 aromatic carbocycles. The smallest absolute Gasteiger partial charge is 0.406 e. The summed E-state index contributed by atoms with van der Waals surface area (Å²) < 4.78 is 42.3. The van der Waals surface area contributed by atoms with Gasteiger partial charge in [0.2, 0.25) is 0 Å². The van der Waals surface area contributed by atoms with E-state index in [2.05, 4.69) is 15.0 Å². The summed E-state index contributed by atoms with van der Waals surface area (Å²) in [7, 11) is 0. The number of benzene rings is 2. The van der Waals surface area contributed by atoms with E-state index in [4.69, 9.17) is 0 Å². The Hall–Kier alpha value is -3.36. The summed E-state index contributed by atoms with van der Waals surface area (Å²) in [5.41, 5.74) is 2.03. The van der Waals surface area contributed by atoms with Gasteiger partial charge in [0.05, 0.1) is 12.2 Å². The summed E-state index contributed by atoms with van der Waals surface area (Å²) in [6, 6.07) is 14.6. The van der Waals surface area contributed by atoms with E-state index in [1.807, 2.05) is 36.5 Å². The van der Waals surface area contributed by atoms with Gasteiger partial charge in [-0.15, -0.1) is 18.3 Å². The number of carbonyl (C=O) groups is 1. The van der Waals surface area contributed by atoms with Crippen molar-refractivity contribution in [1.82, 2.24) is 19.9 Å². The maximum Gasteiger partial charge on any atom is 0.573 e. The van der Waals surface area contributed by atoms with Crippen molar-refractivity contribution >= 4 is 5.91 Å². The summed E-state index contributed by atoms with van der Waals surface area (Å²) in [4.78, 5) is 14.3. The van der Waals surface area contributed by atoms with E-state index in [1.54, 1.807) is 9.58 Å². The molecule has 1 fully saturated rings. The molecule has 0 N–H and O–H groups in total. The fraction of sp³-hybridized carbons (Fsp3) is 0.250. The first kappa shape index (κ1) is 19.0. The fourth-order valence-electron chi connectivity index (χ4n) is 3.32. The number of hydrogen-bond acceptors (Lipinski definition) is 4. The molecule has 1 atom stereocenters. The van der Waals surface area contributed by atoms with Gasteiger partial charge in [0.15, 0.2) is 0 Å². The number of aromatic nitrogens is 3. The van der Waals surface area contributed by atoms with Crippen molar-refractivity contribution in [3.8, 4) is 17.0 Å². The van der Waals surface area contributed by atoms with Gasteiger partial charge in [-0.05, 0) is 30.7 Å². The van der Waals surface area contributed by atoms with Crippen molar-refractivity contribution in [1.29, 1.82) is 0 Å². The van der Waals surface area contributed by atoms with Gasteiger partial charge in [0, 0.05) is 24.2 Å². The Kier molecular flexibility index (Phi) is 4.96. The van der Waals surface area contributed by atoms with Crippen LogP contribution in [0, 0.1) is 0 Å². The molecule has 0 bridgehead atoms. The molecule has 29 heavy (non-hydrogen) atoms. The van der Waals surface area contributed by atoms with Gasteiger partial charge in [0.1, 0.15) is 11.4 Å². The molecule has 0 spiro atoms. The molecular weight excluding hydrogens is 385 g/mol. The molecule has 1 saturated heterocycles. The van der Waals surface area contributed by atoms with E-state index >= 15 is 0 Å². The molecule has 1 aliphatic rings. The van der Waals surface area contributed by atoms with Gasteiger partial charge in [-0.3, -0.25) is 4.79 Å². The lowest BCUT2D eigenvalue weighted by atomic mass is 10.2. The van der Waals surface area contributed by atoms with Crippen molar-refractivity contribution in [2.45, 2.75) is 18.8 Å². The van der Waals surface area contributed by atoms with Crippen molar-refractivity contribution in [2.75, 3.05) is 13.1 Å². The average molecular weight is 402 g/mol. The fourth-order valence-corrected chi connectivity index (χ4v) is 3.32. The third-order valence-corrected chi connectivity index (χ3v) is 4.74. The van der Waals surface area contributed by atoms with Crippen LogP contribution in [0.4, 0.5) is 13.2 Å². The maximum absolute atomic E-state index is 12.7. The van der Waals surface area contributed by atoms with Gasteiger partial charge in [-0.25, -0.2) is 4.68 Å². The van der Waals surface area contributed by atoms with Crippen LogP contribution in [0.15, 0.2) is 60.8 Å². The van der Waals surface area contributed by atoms with E-state index in [9.17, 15) is 18.0 Å². The molecule has 9 heteroatoms. The zero-order chi connectivity index (χ0) is 20.4. The number of alkyl halides is 3. The molecule has 2 heterocycles. The van der Waals surface area contributed by atoms with E-state index in [1.165, 1.54) is 12.1 Å². The van der Waals surface area contributed by atoms with Crippen LogP contribution in [0.3, 0.4) is 0 Å². The second-order valence-corrected chi connectivity index (χ2v) is 6.72. The Bertz CT molecular complexity index is 987. The van der Waals surface area contributed by atoms with Gasteiger partial charge >= 0.3 is 6.36 Å². The van der Waals surface area contributed by atoms with Crippen LogP contribution in [-0.4, -0.2) is 45.3 Å². The van der Waals surface area contributed by atoms with E-state index in [-0.39, 0.29) is 17.7 Å². The zero-order valence-corrected chi connectivity index (χ0v) is 15.2. The third kappa shape index (κ3) is 4.39. The molecule has 1 aromatic heterocycles. The van der Waals surface area contributed by atoms with Crippen molar-refractivity contribution in [3.05, 3.63) is 66.4 Å². The third-order valence-electron chi connectivity index (χ3n) is 4.74. The minimum atomic E-state index is -4.76. The molecule has 0 unspecified atom stereocenters. The molecular formula is C20H17F3N4O2. The predicted molar refractivity (Wildman–Crippen MR) is 98.1 cm³/mol. The van der Waals surface area contributed by atoms with Crippen molar-refractivity contribution in [2.24, 2.45) is 0 Å². The number of amides is 1. The topological polar surface area (TPSA) is 60.2 Å². The molecule has 6 nitrogen and oxygen atoms in total. The quantitative estimate of drug-likeness (QED) is 0.664. The Morgan fingerprint density at radius 2 is 1.79 bits per heavy atom. The first-order valence-corrected chi connectivity index (χ1v) is 9.01. The monoisotopic (exact) mass is 402 g/mol. The van der Waals surface area contributed by atoms with E-state index in [0.717, 1.165) is 29.8 Å². The largest absolute Gasteiger partial charge is 0.573 e. The summed E-state index contributed by atoms with van der Waals surface area (Å²) >= 11 is 0. The summed E-state index contributed by atoms with van der Waals surface area (Å²) in [5.74, 6) is -0.598. The molecule has 0 aliphatic carbocycles. The molecule has 1 amide bonds. The SMILES string of the molecule is O=C(c1ccc(OC(F)(F)F)cc1)N1CC[C@@H](n2cc(-c3ccccc3)nn2)C1. The number of likely N-dealkylation sites (tertiary alicyclic amines) is 1. The van der Waals surface area contributed by atoms with Crippen LogP contribution in [0.5, 0.6) is 5.75 Å². The first-order chi connectivity index (χ1) is 13.9. The van der Waals surface area contributed by atoms with Gasteiger partial charge in [0.25, 0.3) is 5.91 Å². The number of rotatable bonds is 4. The number of carbonyl (C=O) groups excluding carboxylic acids is 1. The lowest BCUT2D eigenvalue weighted by Gasteiger charge is -2.17. The first-order valence-electron chi connectivity index (χ1n) is 9.01. The standard InChI is InChI=1S/C20H17F3N4O2/c21-20(22,23)29-17-8-6-15(7-9-17)19(28)26-11-10-16(12-26)27-13-18(24-25-27)14-4-2-1-3-5-14/h1-9,13,16H,10-12H2/t16-/m1/s1. The van der Waals surface area contributed by atoms with Crippen LogP contribution in [0.1, 0.15) is 22.8 Å². The Morgan fingerprint density at radius 3 is 2.48 bits per heavy atom. The molecule has 0 saturated carbocycles. The van der Waals surface area contributed by atoms with Crippen LogP contribution in [0.25, 0.3) is 11.3 Å². The van der Waals surface area contributed by atoms with E-state index < -0.39 is 6.36 Å². The van der Waals surface area contributed by atoms with Crippen molar-refractivity contribution in [3.63, 3.8) is 0 Å². The minimum Gasteiger partial charge on any atom is -0.406 e. The van der Waals surface area contributed by atoms with Gasteiger partial charge < -0.3 is 9.64 Å². The van der Waals surface area contributed by atoms with Crippen LogP contribution in [-0.2, 0) is 0 Å². The molecule has 4 rings (SSSR count). The molecule has 0 radical (unpaired) electrons. The molecule has 1 aliphatic heterocycles. The highest BCUT2D eigenvalue weighted by Gasteiger charge is 2.32. The van der Waals surface area contributed by atoms with Gasteiger partial charge in [-0.2, -0.15) is 0 Å². The minimum absolute atomic E-state index is 0.00301. The number of hydrogen-bond donors (Lipinski definition) is 0. The summed E-state index contributed by atoms with van der Waals surface area (Å²) in [6.07, 6.45) is -2.18. The number of nitrogens with zero attached hydrogens (tertiary/aromatic N) is 4. The van der Waals surface area contributed by atoms with Crippen LogP contribution in [0.2, 0.25) is 0 Å². The summed E-state index contributed by atoms with van der Waals surface area (Å²) in [6.45, 7) is 0.988. The average Bonchev–Trinajstić information content (AvgIpc) is 3.37. The second kappa shape index (κ2) is 7.57. The predicted octanol–water partition coefficient (Wildman–Crippen LogP) is 3.93.